The third-order valence-electron chi connectivity index (χ3n) is 4.98. The predicted molar refractivity (Wildman–Crippen MR) is 140 cm³/mol. The van der Waals surface area contributed by atoms with Gasteiger partial charge in [0.1, 0.15) is 6.61 Å². The molecule has 1 aliphatic rings. The molecule has 8 nitrogen and oxygen atoms in total. The van der Waals surface area contributed by atoms with Crippen molar-refractivity contribution in [3.8, 4) is 11.5 Å². The SMILES string of the molecule is CCOc1cc(/C=C2\N=C(c3ccc([N+](=O)[O-])cc3Cl)OC2=O)cc(Cl)c1OCc1ccccc1Br. The van der Waals surface area contributed by atoms with Gasteiger partial charge in [-0.15, -0.1) is 0 Å². The van der Waals surface area contributed by atoms with E-state index in [1.54, 1.807) is 12.1 Å². The van der Waals surface area contributed by atoms with E-state index in [0.29, 0.717) is 23.7 Å². The minimum atomic E-state index is -0.706. The molecule has 11 heteroatoms. The molecule has 3 aromatic carbocycles. The van der Waals surface area contributed by atoms with Gasteiger partial charge in [-0.05, 0) is 42.8 Å². The number of benzene rings is 3. The van der Waals surface area contributed by atoms with Gasteiger partial charge in [0.05, 0.1) is 27.1 Å². The van der Waals surface area contributed by atoms with E-state index in [1.165, 1.54) is 18.2 Å². The molecule has 36 heavy (non-hydrogen) atoms. The molecular weight excluding hydrogens is 575 g/mol. The van der Waals surface area contributed by atoms with Crippen molar-refractivity contribution in [1.29, 1.82) is 0 Å². The largest absolute Gasteiger partial charge is 0.490 e. The zero-order valence-electron chi connectivity index (χ0n) is 18.7. The molecule has 0 bridgehead atoms. The molecule has 0 fully saturated rings. The lowest BCUT2D eigenvalue weighted by molar-refractivity contribution is -0.384. The summed E-state index contributed by atoms with van der Waals surface area (Å²) in [6, 6.07) is 14.7. The van der Waals surface area contributed by atoms with Crippen LogP contribution in [0.25, 0.3) is 6.08 Å². The van der Waals surface area contributed by atoms with Crippen LogP contribution in [0.5, 0.6) is 11.5 Å². The number of hydrogen-bond donors (Lipinski definition) is 0. The van der Waals surface area contributed by atoms with Crippen LogP contribution in [0.3, 0.4) is 0 Å². The monoisotopic (exact) mass is 590 g/mol. The first-order chi connectivity index (χ1) is 17.3. The molecular formula is C25H17BrCl2N2O6. The zero-order valence-corrected chi connectivity index (χ0v) is 21.8. The summed E-state index contributed by atoms with van der Waals surface area (Å²) in [7, 11) is 0. The van der Waals surface area contributed by atoms with Crippen molar-refractivity contribution in [2.45, 2.75) is 13.5 Å². The van der Waals surface area contributed by atoms with Crippen LogP contribution in [0.15, 0.2) is 69.8 Å². The Balaban J connectivity index is 1.63. The Kier molecular flexibility index (Phi) is 7.93. The molecule has 4 rings (SSSR count). The lowest BCUT2D eigenvalue weighted by atomic mass is 10.1. The molecule has 0 atom stereocenters. The van der Waals surface area contributed by atoms with E-state index in [1.807, 2.05) is 31.2 Å². The Morgan fingerprint density at radius 3 is 2.58 bits per heavy atom. The molecule has 0 unspecified atom stereocenters. The fourth-order valence-electron chi connectivity index (χ4n) is 3.31. The molecule has 0 saturated carbocycles. The average molecular weight is 592 g/mol. The number of carbonyl (C=O) groups excluding carboxylic acids is 1. The molecule has 0 aromatic heterocycles. The third kappa shape index (κ3) is 5.70. The van der Waals surface area contributed by atoms with Crippen LogP contribution in [-0.2, 0) is 16.1 Å². The standard InChI is InChI=1S/C25H17BrCl2N2O6/c1-2-34-22-11-14(9-20(28)23(22)35-13-15-5-3-4-6-18(15)26)10-21-25(31)36-24(29-21)17-8-7-16(30(32)33)12-19(17)27/h3-12H,2,13H2,1H3/b21-10-. The first kappa shape index (κ1) is 25.7. The molecule has 1 heterocycles. The Bertz CT molecular complexity index is 1420. The summed E-state index contributed by atoms with van der Waals surface area (Å²) in [6.07, 6.45) is 1.49. The predicted octanol–water partition coefficient (Wildman–Crippen LogP) is 6.99. The van der Waals surface area contributed by atoms with Crippen molar-refractivity contribution < 1.29 is 23.9 Å². The first-order valence-corrected chi connectivity index (χ1v) is 12.1. The Labute approximate surface area is 224 Å². The maximum atomic E-state index is 12.5. The normalized spacial score (nSPS) is 13.9. The van der Waals surface area contributed by atoms with Crippen LogP contribution in [0.1, 0.15) is 23.6 Å². The maximum Gasteiger partial charge on any atom is 0.363 e. The van der Waals surface area contributed by atoms with E-state index in [-0.39, 0.29) is 39.5 Å². The molecule has 0 saturated heterocycles. The summed E-state index contributed by atoms with van der Waals surface area (Å²) in [4.78, 5) is 27.0. The molecule has 0 spiro atoms. The number of ether oxygens (including phenoxy) is 3. The number of rotatable bonds is 8. The smallest absolute Gasteiger partial charge is 0.363 e. The second-order valence-electron chi connectivity index (χ2n) is 7.40. The van der Waals surface area contributed by atoms with Crippen molar-refractivity contribution in [3.05, 3.63) is 102 Å². The summed E-state index contributed by atoms with van der Waals surface area (Å²) in [6.45, 7) is 2.46. The van der Waals surface area contributed by atoms with Gasteiger partial charge in [0, 0.05) is 22.2 Å². The Hall–Kier alpha value is -3.40. The van der Waals surface area contributed by atoms with E-state index >= 15 is 0 Å². The average Bonchev–Trinajstić information content (AvgIpc) is 3.19. The van der Waals surface area contributed by atoms with Crippen LogP contribution in [0.2, 0.25) is 10.0 Å². The number of hydrogen-bond acceptors (Lipinski definition) is 7. The van der Waals surface area contributed by atoms with Gasteiger partial charge in [-0.3, -0.25) is 10.1 Å². The summed E-state index contributed by atoms with van der Waals surface area (Å²) in [5.41, 5.74) is 1.53. The number of halogens is 3. The molecule has 0 radical (unpaired) electrons. The molecule has 3 aromatic rings. The number of nitro groups is 1. The Morgan fingerprint density at radius 1 is 1.11 bits per heavy atom. The van der Waals surface area contributed by atoms with Gasteiger partial charge in [0.15, 0.2) is 17.2 Å². The number of non-ortho nitro benzene ring substituents is 1. The summed E-state index contributed by atoms with van der Waals surface area (Å²) in [5.74, 6) is 0.00331. The zero-order chi connectivity index (χ0) is 25.8. The number of carbonyl (C=O) groups is 1. The summed E-state index contributed by atoms with van der Waals surface area (Å²) in [5, 5.41) is 11.3. The molecule has 0 N–H and O–H groups in total. The number of nitro benzene ring substituents is 1. The van der Waals surface area contributed by atoms with E-state index in [2.05, 4.69) is 20.9 Å². The highest BCUT2D eigenvalue weighted by molar-refractivity contribution is 9.10. The van der Waals surface area contributed by atoms with E-state index in [9.17, 15) is 14.9 Å². The maximum absolute atomic E-state index is 12.5. The highest BCUT2D eigenvalue weighted by atomic mass is 79.9. The minimum Gasteiger partial charge on any atom is -0.490 e. The van der Waals surface area contributed by atoms with E-state index in [4.69, 9.17) is 37.4 Å². The van der Waals surface area contributed by atoms with Crippen LogP contribution in [0.4, 0.5) is 5.69 Å². The van der Waals surface area contributed by atoms with Crippen LogP contribution in [0, 0.1) is 10.1 Å². The highest BCUT2D eigenvalue weighted by Gasteiger charge is 2.27. The van der Waals surface area contributed by atoms with E-state index < -0.39 is 10.9 Å². The molecule has 184 valence electrons. The van der Waals surface area contributed by atoms with Crippen LogP contribution in [-0.4, -0.2) is 23.4 Å². The van der Waals surface area contributed by atoms with Crippen molar-refractivity contribution in [2.75, 3.05) is 6.61 Å². The van der Waals surface area contributed by atoms with Crippen molar-refractivity contribution in [1.82, 2.24) is 0 Å². The van der Waals surface area contributed by atoms with Gasteiger partial charge >= 0.3 is 5.97 Å². The topological polar surface area (TPSA) is 100 Å². The van der Waals surface area contributed by atoms with Gasteiger partial charge in [0.25, 0.3) is 5.69 Å². The van der Waals surface area contributed by atoms with Crippen molar-refractivity contribution in [3.63, 3.8) is 0 Å². The first-order valence-electron chi connectivity index (χ1n) is 10.6. The Morgan fingerprint density at radius 2 is 1.89 bits per heavy atom. The summed E-state index contributed by atoms with van der Waals surface area (Å²) >= 11 is 16.1. The van der Waals surface area contributed by atoms with Gasteiger partial charge in [0.2, 0.25) is 5.90 Å². The minimum absolute atomic E-state index is 0.000168. The van der Waals surface area contributed by atoms with Gasteiger partial charge in [-0.25, -0.2) is 9.79 Å². The molecule has 0 amide bonds. The second-order valence-corrected chi connectivity index (χ2v) is 9.07. The third-order valence-corrected chi connectivity index (χ3v) is 6.35. The molecule has 1 aliphatic heterocycles. The quantitative estimate of drug-likeness (QED) is 0.121. The van der Waals surface area contributed by atoms with Crippen LogP contribution < -0.4 is 9.47 Å². The van der Waals surface area contributed by atoms with Gasteiger partial charge < -0.3 is 14.2 Å². The van der Waals surface area contributed by atoms with Gasteiger partial charge in [-0.1, -0.05) is 57.3 Å². The fraction of sp³-hybridized carbons (Fsp3) is 0.120. The summed E-state index contributed by atoms with van der Waals surface area (Å²) < 4.78 is 17.8. The van der Waals surface area contributed by atoms with Crippen molar-refractivity contribution >= 4 is 62.8 Å². The van der Waals surface area contributed by atoms with Crippen LogP contribution >= 0.6 is 39.1 Å². The fourth-order valence-corrected chi connectivity index (χ4v) is 4.24. The highest BCUT2D eigenvalue weighted by Crippen LogP contribution is 2.38. The second kappa shape index (κ2) is 11.1. The van der Waals surface area contributed by atoms with E-state index in [0.717, 1.165) is 16.1 Å². The van der Waals surface area contributed by atoms with Gasteiger partial charge in [-0.2, -0.15) is 0 Å². The number of aliphatic imine (C=N–C) groups is 1. The number of nitrogens with zero attached hydrogens (tertiary/aromatic N) is 2. The van der Waals surface area contributed by atoms with Crippen molar-refractivity contribution in [2.24, 2.45) is 4.99 Å². The lowest BCUT2D eigenvalue weighted by Crippen LogP contribution is -2.06. The lowest BCUT2D eigenvalue weighted by Gasteiger charge is -2.15. The number of esters is 1. The number of cyclic esters (lactones) is 1. The molecule has 0 aliphatic carbocycles.